The molecule has 47 heavy (non-hydrogen) atoms. The number of nitrogens with zero attached hydrogens (tertiary/aromatic N) is 4. The molecule has 3 fully saturated rings. The van der Waals surface area contributed by atoms with Gasteiger partial charge in [-0.05, 0) is 106 Å². The Morgan fingerprint density at radius 2 is 1.70 bits per heavy atom. The number of sulfonamides is 1. The van der Waals surface area contributed by atoms with Crippen molar-refractivity contribution in [3.8, 4) is 0 Å². The maximum absolute atomic E-state index is 14.9. The minimum Gasteiger partial charge on any atom is -0.338 e. The standard InChI is InChI=1S/C35H38ClF2N5O3S/c1-22-40-31-7-2-3-8-32(31)43(22)27-18-25-9-10-26(19-27)42(25)16-13-35(23-5-4-6-24(37)17-23)11-14-41(15-12-35)34(44)28-20-33(47(39,45)46)29(36)21-30(28)38/h2-8,17,20-21,25-27H,9-16,18-19H2,1H3,(H2,39,45,46)/t25-,26+,27?. The molecule has 4 heterocycles. The van der Waals surface area contributed by atoms with Crippen molar-refractivity contribution < 1.29 is 22.0 Å². The number of carbonyl (C=O) groups is 1. The number of benzene rings is 3. The van der Waals surface area contributed by atoms with Crippen molar-refractivity contribution in [1.82, 2.24) is 19.4 Å². The highest BCUT2D eigenvalue weighted by atomic mass is 35.5. The zero-order valence-electron chi connectivity index (χ0n) is 26.2. The van der Waals surface area contributed by atoms with Crippen LogP contribution in [0.25, 0.3) is 11.0 Å². The van der Waals surface area contributed by atoms with Gasteiger partial charge in [0.05, 0.1) is 21.6 Å². The van der Waals surface area contributed by atoms with E-state index in [0.717, 1.165) is 67.7 Å². The number of likely N-dealkylation sites (tertiary alicyclic amines) is 1. The van der Waals surface area contributed by atoms with Crippen LogP contribution in [0.3, 0.4) is 0 Å². The molecule has 7 rings (SSSR count). The SMILES string of the molecule is Cc1nc2ccccc2n1C1C[C@H]2CC[C@@H](C1)N2CCC1(c2cccc(F)c2)CCN(C(=O)c2cc(S(N)(=O)=O)c(Cl)cc2F)CC1. The van der Waals surface area contributed by atoms with Crippen LogP contribution in [0.5, 0.6) is 0 Å². The molecule has 248 valence electrons. The number of primary sulfonamides is 1. The van der Waals surface area contributed by atoms with E-state index in [0.29, 0.717) is 44.1 Å². The molecule has 0 radical (unpaired) electrons. The number of carbonyl (C=O) groups excluding carboxylic acids is 1. The van der Waals surface area contributed by atoms with Crippen LogP contribution in [-0.4, -0.2) is 65.4 Å². The smallest absolute Gasteiger partial charge is 0.256 e. The van der Waals surface area contributed by atoms with Crippen LogP contribution in [0.15, 0.2) is 65.6 Å². The van der Waals surface area contributed by atoms with Crippen molar-refractivity contribution in [3.63, 3.8) is 0 Å². The Labute approximate surface area is 278 Å². The van der Waals surface area contributed by atoms with E-state index >= 15 is 0 Å². The highest BCUT2D eigenvalue weighted by Crippen LogP contribution is 2.45. The van der Waals surface area contributed by atoms with Crippen LogP contribution in [0.2, 0.25) is 5.02 Å². The Kier molecular flexibility index (Phi) is 8.39. The van der Waals surface area contributed by atoms with Crippen molar-refractivity contribution in [2.24, 2.45) is 5.14 Å². The summed E-state index contributed by atoms with van der Waals surface area (Å²) < 4.78 is 55.9. The Hall–Kier alpha value is -3.38. The molecular formula is C35H38ClF2N5O3S. The molecule has 3 aliphatic rings. The lowest BCUT2D eigenvalue weighted by atomic mass is 9.70. The minimum atomic E-state index is -4.26. The summed E-state index contributed by atoms with van der Waals surface area (Å²) in [5.74, 6) is -0.788. The van der Waals surface area contributed by atoms with Crippen LogP contribution in [0, 0.1) is 18.6 Å². The number of nitrogens with two attached hydrogens (primary N) is 1. The maximum Gasteiger partial charge on any atom is 0.256 e. The number of hydrogen-bond donors (Lipinski definition) is 1. The van der Waals surface area contributed by atoms with E-state index in [1.54, 1.807) is 12.1 Å². The molecular weight excluding hydrogens is 644 g/mol. The molecule has 0 spiro atoms. The third-order valence-corrected chi connectivity index (χ3v) is 12.2. The van der Waals surface area contributed by atoms with Gasteiger partial charge in [0.25, 0.3) is 5.91 Å². The van der Waals surface area contributed by atoms with E-state index in [9.17, 15) is 22.0 Å². The molecule has 8 nitrogen and oxygen atoms in total. The first kappa shape index (κ1) is 32.2. The quantitative estimate of drug-likeness (QED) is 0.245. The third-order valence-electron chi connectivity index (χ3n) is 10.8. The van der Waals surface area contributed by atoms with Gasteiger partial charge in [-0.25, -0.2) is 27.3 Å². The lowest BCUT2D eigenvalue weighted by molar-refractivity contribution is 0.0602. The van der Waals surface area contributed by atoms with Crippen LogP contribution in [-0.2, 0) is 15.4 Å². The van der Waals surface area contributed by atoms with E-state index in [-0.39, 0.29) is 16.3 Å². The van der Waals surface area contributed by atoms with E-state index in [2.05, 4.69) is 34.6 Å². The van der Waals surface area contributed by atoms with Crippen LogP contribution < -0.4 is 5.14 Å². The molecule has 4 aromatic rings. The summed E-state index contributed by atoms with van der Waals surface area (Å²) in [7, 11) is -4.26. The lowest BCUT2D eigenvalue weighted by Crippen LogP contribution is -2.49. The number of halogens is 3. The van der Waals surface area contributed by atoms with Crippen molar-refractivity contribution in [1.29, 1.82) is 0 Å². The van der Waals surface area contributed by atoms with Crippen molar-refractivity contribution >= 4 is 38.6 Å². The fourth-order valence-electron chi connectivity index (χ4n) is 8.51. The normalized spacial score (nSPS) is 23.0. The summed E-state index contributed by atoms with van der Waals surface area (Å²) >= 11 is 5.92. The number of para-hydroxylation sites is 2. The monoisotopic (exact) mass is 681 g/mol. The summed E-state index contributed by atoms with van der Waals surface area (Å²) in [6, 6.07) is 18.1. The van der Waals surface area contributed by atoms with Crippen LogP contribution >= 0.6 is 11.6 Å². The molecule has 2 N–H and O–H groups in total. The Balaban J connectivity index is 1.09. The first-order chi connectivity index (χ1) is 22.4. The molecule has 3 aliphatic heterocycles. The van der Waals surface area contributed by atoms with E-state index < -0.39 is 32.2 Å². The third kappa shape index (κ3) is 5.96. The highest BCUT2D eigenvalue weighted by Gasteiger charge is 2.44. The Bertz CT molecular complexity index is 1950. The van der Waals surface area contributed by atoms with Crippen molar-refractivity contribution in [2.45, 2.75) is 80.3 Å². The van der Waals surface area contributed by atoms with Crippen molar-refractivity contribution in [2.75, 3.05) is 19.6 Å². The van der Waals surface area contributed by atoms with Gasteiger partial charge in [0, 0.05) is 31.2 Å². The summed E-state index contributed by atoms with van der Waals surface area (Å²) in [6.45, 7) is 3.57. The summed E-state index contributed by atoms with van der Waals surface area (Å²) in [4.78, 5) is 22.0. The van der Waals surface area contributed by atoms with E-state index in [4.69, 9.17) is 21.7 Å². The molecule has 0 saturated carbocycles. The maximum atomic E-state index is 14.9. The second kappa shape index (κ2) is 12.3. The lowest BCUT2D eigenvalue weighted by Gasteiger charge is -2.45. The van der Waals surface area contributed by atoms with Gasteiger partial charge in [-0.15, -0.1) is 0 Å². The zero-order valence-corrected chi connectivity index (χ0v) is 27.8. The fraction of sp³-hybridized carbons (Fsp3) is 0.429. The summed E-state index contributed by atoms with van der Waals surface area (Å²) in [6.07, 6.45) is 6.33. The van der Waals surface area contributed by atoms with Gasteiger partial charge in [0.2, 0.25) is 10.0 Å². The van der Waals surface area contributed by atoms with Gasteiger partial charge in [0.1, 0.15) is 22.4 Å². The summed E-state index contributed by atoms with van der Waals surface area (Å²) in [5, 5.41) is 4.87. The zero-order chi connectivity index (χ0) is 33.1. The van der Waals surface area contributed by atoms with Crippen LogP contribution in [0.1, 0.15) is 72.7 Å². The van der Waals surface area contributed by atoms with Gasteiger partial charge in [0.15, 0.2) is 0 Å². The molecule has 0 aliphatic carbocycles. The molecule has 3 saturated heterocycles. The van der Waals surface area contributed by atoms with Gasteiger partial charge < -0.3 is 9.47 Å². The van der Waals surface area contributed by atoms with Gasteiger partial charge >= 0.3 is 0 Å². The molecule has 1 unspecified atom stereocenters. The number of aryl methyl sites for hydroxylation is 1. The average Bonchev–Trinajstić information content (AvgIpc) is 3.49. The number of aromatic nitrogens is 2. The average molecular weight is 682 g/mol. The van der Waals surface area contributed by atoms with Gasteiger partial charge in [-0.1, -0.05) is 35.9 Å². The number of hydrogen-bond acceptors (Lipinski definition) is 5. The first-order valence-corrected chi connectivity index (χ1v) is 18.1. The number of fused-ring (bicyclic) bond motifs is 3. The van der Waals surface area contributed by atoms with Crippen molar-refractivity contribution in [3.05, 3.63) is 94.3 Å². The number of rotatable bonds is 7. The Morgan fingerprint density at radius 1 is 1.00 bits per heavy atom. The van der Waals surface area contributed by atoms with E-state index in [1.807, 2.05) is 12.1 Å². The predicted molar refractivity (Wildman–Crippen MR) is 177 cm³/mol. The van der Waals surface area contributed by atoms with Gasteiger partial charge in [-0.3, -0.25) is 9.69 Å². The molecule has 2 bridgehead atoms. The molecule has 3 aromatic carbocycles. The molecule has 1 amide bonds. The number of piperidine rings is 2. The van der Waals surface area contributed by atoms with Gasteiger partial charge in [-0.2, -0.15) is 0 Å². The number of amides is 1. The predicted octanol–water partition coefficient (Wildman–Crippen LogP) is 6.36. The first-order valence-electron chi connectivity index (χ1n) is 16.2. The van der Waals surface area contributed by atoms with E-state index in [1.165, 1.54) is 16.5 Å². The summed E-state index contributed by atoms with van der Waals surface area (Å²) in [5.41, 5.74) is 2.36. The highest BCUT2D eigenvalue weighted by molar-refractivity contribution is 7.89. The molecule has 12 heteroatoms. The minimum absolute atomic E-state index is 0.303. The second-order valence-corrected chi connectivity index (χ2v) is 15.3. The van der Waals surface area contributed by atoms with Crippen LogP contribution in [0.4, 0.5) is 8.78 Å². The Morgan fingerprint density at radius 3 is 2.38 bits per heavy atom. The fourth-order valence-corrected chi connectivity index (χ4v) is 9.60. The molecule has 1 aromatic heterocycles. The molecule has 3 atom stereocenters. The largest absolute Gasteiger partial charge is 0.338 e. The number of imidazole rings is 1. The second-order valence-electron chi connectivity index (χ2n) is 13.4. The topological polar surface area (TPSA) is 102 Å².